The Bertz CT molecular complexity index is 1250. The van der Waals surface area contributed by atoms with Crippen LogP contribution in [0.25, 0.3) is 11.4 Å². The predicted octanol–water partition coefficient (Wildman–Crippen LogP) is 5.52. The van der Waals surface area contributed by atoms with Crippen LogP contribution in [-0.2, 0) is 30.5 Å². The summed E-state index contributed by atoms with van der Waals surface area (Å²) < 4.78 is 45.5. The first-order valence-electron chi connectivity index (χ1n) is 11.8. The van der Waals surface area contributed by atoms with Crippen LogP contribution in [0.5, 0.6) is 5.75 Å². The van der Waals surface area contributed by atoms with Gasteiger partial charge in [-0.3, -0.25) is 9.69 Å². The van der Waals surface area contributed by atoms with Crippen molar-refractivity contribution in [3.8, 4) is 17.1 Å². The van der Waals surface area contributed by atoms with Gasteiger partial charge in [0.1, 0.15) is 12.4 Å². The largest absolute Gasteiger partial charge is 0.489 e. The fourth-order valence-corrected chi connectivity index (χ4v) is 4.50. The van der Waals surface area contributed by atoms with E-state index >= 15 is 0 Å². The van der Waals surface area contributed by atoms with Crippen molar-refractivity contribution in [3.05, 3.63) is 76.6 Å². The van der Waals surface area contributed by atoms with Gasteiger partial charge in [0.05, 0.1) is 11.3 Å². The Balaban J connectivity index is 1.43. The normalized spacial score (nSPS) is 14.8. The number of benzene rings is 2. The maximum absolute atomic E-state index is 13.2. The number of alkyl halides is 3. The molecule has 3 aromatic rings. The molecule has 1 N–H and O–H groups in total. The topological polar surface area (TPSA) is 75.6 Å². The second-order valence-electron chi connectivity index (χ2n) is 9.28. The molecule has 1 aliphatic rings. The minimum Gasteiger partial charge on any atom is -0.489 e. The lowest BCUT2D eigenvalue weighted by Crippen LogP contribution is -2.35. The summed E-state index contributed by atoms with van der Waals surface area (Å²) in [6.45, 7) is 5.79. The molecule has 1 atom stereocenters. The van der Waals surface area contributed by atoms with Crippen LogP contribution in [0.4, 0.5) is 13.2 Å². The van der Waals surface area contributed by atoms with Gasteiger partial charge < -0.3 is 9.84 Å². The Hall–Kier alpha value is -3.46. The molecule has 1 aliphatic heterocycles. The van der Waals surface area contributed by atoms with E-state index < -0.39 is 17.7 Å². The van der Waals surface area contributed by atoms with Crippen molar-refractivity contribution in [2.24, 2.45) is 5.92 Å². The highest BCUT2D eigenvalue weighted by Gasteiger charge is 2.33. The van der Waals surface area contributed by atoms with Crippen LogP contribution >= 0.6 is 0 Å². The number of aromatic nitrogens is 2. The van der Waals surface area contributed by atoms with Gasteiger partial charge >= 0.3 is 12.1 Å². The van der Waals surface area contributed by atoms with Crippen LogP contribution in [0.15, 0.2) is 48.7 Å². The zero-order valence-corrected chi connectivity index (χ0v) is 20.2. The quantitative estimate of drug-likeness (QED) is 0.440. The van der Waals surface area contributed by atoms with Gasteiger partial charge in [-0.2, -0.15) is 13.2 Å². The number of fused-ring (bicyclic) bond motifs is 1. The molecule has 0 radical (unpaired) electrons. The molecule has 0 saturated heterocycles. The fourth-order valence-electron chi connectivity index (χ4n) is 4.50. The molecule has 190 valence electrons. The van der Waals surface area contributed by atoms with Crippen molar-refractivity contribution in [1.29, 1.82) is 0 Å². The molecule has 2 heterocycles. The number of aliphatic carboxylic acids is 1. The van der Waals surface area contributed by atoms with Crippen molar-refractivity contribution in [2.45, 2.75) is 46.0 Å². The Morgan fingerprint density at radius 3 is 2.72 bits per heavy atom. The molecule has 1 aromatic heterocycles. The summed E-state index contributed by atoms with van der Waals surface area (Å²) in [4.78, 5) is 22.4. The van der Waals surface area contributed by atoms with Crippen molar-refractivity contribution in [2.75, 3.05) is 13.1 Å². The minimum absolute atomic E-state index is 0.0647. The fraction of sp³-hybridized carbons (Fsp3) is 0.370. The summed E-state index contributed by atoms with van der Waals surface area (Å²) in [5, 5.41) is 8.98. The smallest absolute Gasteiger partial charge is 0.416 e. The summed E-state index contributed by atoms with van der Waals surface area (Å²) in [6.07, 6.45) is -1.72. The number of nitrogens with zero attached hydrogens (tertiary/aromatic N) is 3. The third-order valence-electron chi connectivity index (χ3n) is 6.25. The third-order valence-corrected chi connectivity index (χ3v) is 6.25. The lowest BCUT2D eigenvalue weighted by atomic mass is 10.0. The van der Waals surface area contributed by atoms with Gasteiger partial charge in [-0.25, -0.2) is 9.97 Å². The van der Waals surface area contributed by atoms with Crippen molar-refractivity contribution in [1.82, 2.24) is 14.9 Å². The lowest BCUT2D eigenvalue weighted by molar-refractivity contribution is -0.139. The first-order valence-corrected chi connectivity index (χ1v) is 11.8. The van der Waals surface area contributed by atoms with Crippen LogP contribution < -0.4 is 4.74 Å². The van der Waals surface area contributed by atoms with Gasteiger partial charge in [-0.05, 0) is 42.7 Å². The number of rotatable bonds is 8. The predicted molar refractivity (Wildman–Crippen MR) is 128 cm³/mol. The molecule has 0 aliphatic carbocycles. The van der Waals surface area contributed by atoms with Gasteiger partial charge in [0.25, 0.3) is 0 Å². The summed E-state index contributed by atoms with van der Waals surface area (Å²) in [7, 11) is 0. The maximum Gasteiger partial charge on any atom is 0.416 e. The maximum atomic E-state index is 13.2. The molecule has 0 saturated carbocycles. The Morgan fingerprint density at radius 1 is 1.22 bits per heavy atom. The number of hydrogen-bond donors (Lipinski definition) is 1. The molecular weight excluding hydrogens is 471 g/mol. The van der Waals surface area contributed by atoms with Gasteiger partial charge in [-0.1, -0.05) is 25.1 Å². The second-order valence-corrected chi connectivity index (χ2v) is 9.28. The van der Waals surface area contributed by atoms with E-state index in [1.165, 1.54) is 12.1 Å². The molecule has 0 fully saturated rings. The Kier molecular flexibility index (Phi) is 7.59. The number of halogens is 3. The van der Waals surface area contributed by atoms with Crippen LogP contribution in [0.3, 0.4) is 0 Å². The highest BCUT2D eigenvalue weighted by Crippen LogP contribution is 2.33. The van der Waals surface area contributed by atoms with Crippen LogP contribution in [0.2, 0.25) is 0 Å². The highest BCUT2D eigenvalue weighted by molar-refractivity contribution is 5.67. The van der Waals surface area contributed by atoms with Crippen molar-refractivity contribution < 1.29 is 27.8 Å². The summed E-state index contributed by atoms with van der Waals surface area (Å²) in [5.41, 5.74) is 2.97. The van der Waals surface area contributed by atoms with E-state index in [-0.39, 0.29) is 24.5 Å². The van der Waals surface area contributed by atoms with Gasteiger partial charge in [0.2, 0.25) is 0 Å². The van der Waals surface area contributed by atoms with Gasteiger partial charge in [0, 0.05) is 55.4 Å². The first kappa shape index (κ1) is 25.6. The average Bonchev–Trinajstić information content (AvgIpc) is 2.82. The number of carboxylic acid groups (broad SMARTS) is 1. The number of ether oxygens (including phenoxy) is 1. The molecule has 6 nitrogen and oxygen atoms in total. The van der Waals surface area contributed by atoms with Gasteiger partial charge in [-0.15, -0.1) is 0 Å². The van der Waals surface area contributed by atoms with E-state index in [0.29, 0.717) is 24.7 Å². The highest BCUT2D eigenvalue weighted by atomic mass is 19.4. The number of carbonyl (C=O) groups is 1. The zero-order valence-electron chi connectivity index (χ0n) is 20.2. The summed E-state index contributed by atoms with van der Waals surface area (Å²) in [6, 6.07) is 10.8. The summed E-state index contributed by atoms with van der Waals surface area (Å²) >= 11 is 0. The number of aryl methyl sites for hydroxylation is 1. The van der Waals surface area contributed by atoms with E-state index in [9.17, 15) is 18.0 Å². The van der Waals surface area contributed by atoms with Crippen molar-refractivity contribution >= 4 is 5.97 Å². The molecule has 1 unspecified atom stereocenters. The molecule has 2 aromatic carbocycles. The molecule has 0 bridgehead atoms. The first-order chi connectivity index (χ1) is 17.1. The molecule has 36 heavy (non-hydrogen) atoms. The average molecular weight is 500 g/mol. The SMILES string of the molecule is Cc1cc(-c2ncc3c(n2)CCN(CC(C)CC(=O)O)C3)ccc1OCc1ccccc1C(F)(F)F. The molecular formula is C27H28F3N3O3. The third kappa shape index (κ3) is 6.20. The molecule has 0 amide bonds. The Labute approximate surface area is 207 Å². The van der Waals surface area contributed by atoms with Crippen LogP contribution in [-0.4, -0.2) is 39.0 Å². The van der Waals surface area contributed by atoms with Crippen molar-refractivity contribution in [3.63, 3.8) is 0 Å². The standard InChI is InChI=1S/C27H28F3N3O3/c1-17(11-25(34)35)14-33-10-9-23-21(15-33)13-31-26(32-23)19-7-8-24(18(2)12-19)36-16-20-5-3-4-6-22(20)27(28,29)30/h3-8,12-13,17H,9-11,14-16H2,1-2H3,(H,34,35). The lowest BCUT2D eigenvalue weighted by Gasteiger charge is -2.29. The van der Waals surface area contributed by atoms with E-state index in [4.69, 9.17) is 14.8 Å². The zero-order chi connectivity index (χ0) is 25.9. The van der Waals surface area contributed by atoms with Crippen LogP contribution in [0.1, 0.15) is 41.3 Å². The van der Waals surface area contributed by atoms with E-state index in [1.54, 1.807) is 12.1 Å². The molecule has 4 rings (SSSR count). The van der Waals surface area contributed by atoms with Gasteiger partial charge in [0.15, 0.2) is 5.82 Å². The minimum atomic E-state index is -4.43. The molecule has 0 spiro atoms. The summed E-state index contributed by atoms with van der Waals surface area (Å²) in [5.74, 6) is 0.360. The second kappa shape index (κ2) is 10.7. The monoisotopic (exact) mass is 499 g/mol. The Morgan fingerprint density at radius 2 is 2.00 bits per heavy atom. The van der Waals surface area contributed by atoms with E-state index in [0.717, 1.165) is 41.4 Å². The van der Waals surface area contributed by atoms with E-state index in [1.807, 2.05) is 32.2 Å². The number of hydrogen-bond acceptors (Lipinski definition) is 5. The van der Waals surface area contributed by atoms with E-state index in [2.05, 4.69) is 9.88 Å². The van der Waals surface area contributed by atoms with Crippen LogP contribution in [0, 0.1) is 12.8 Å². The number of carboxylic acids is 1. The molecule has 9 heteroatoms.